The molecule has 1 aliphatic rings. The molecule has 1 aromatic carbocycles. The zero-order valence-corrected chi connectivity index (χ0v) is 11.4. The summed E-state index contributed by atoms with van der Waals surface area (Å²) in [6.07, 6.45) is -0.442. The fourth-order valence-corrected chi connectivity index (χ4v) is 3.68. The first-order chi connectivity index (χ1) is 9.23. The van der Waals surface area contributed by atoms with Crippen molar-refractivity contribution >= 4 is 15.7 Å². The average molecular weight is 304 g/mol. The first-order valence-electron chi connectivity index (χ1n) is 5.86. The van der Waals surface area contributed by atoms with Crippen LogP contribution in [0.1, 0.15) is 12.0 Å². The number of aryl methyl sites for hydroxylation is 1. The van der Waals surface area contributed by atoms with Crippen molar-refractivity contribution in [1.29, 1.82) is 0 Å². The van der Waals surface area contributed by atoms with Crippen LogP contribution in [-0.4, -0.2) is 41.9 Å². The van der Waals surface area contributed by atoms with Gasteiger partial charge in [-0.3, -0.25) is 10.1 Å². The quantitative estimate of drug-likeness (QED) is 0.657. The third-order valence-corrected chi connectivity index (χ3v) is 5.01. The fourth-order valence-electron chi connectivity index (χ4n) is 2.08. The van der Waals surface area contributed by atoms with Gasteiger partial charge in [-0.15, -0.1) is 0 Å². The summed E-state index contributed by atoms with van der Waals surface area (Å²) >= 11 is 0. The van der Waals surface area contributed by atoms with E-state index in [9.17, 15) is 28.0 Å². The second-order valence-corrected chi connectivity index (χ2v) is 6.57. The number of rotatable bonds is 3. The van der Waals surface area contributed by atoms with Crippen molar-refractivity contribution in [2.24, 2.45) is 0 Å². The van der Waals surface area contributed by atoms with E-state index in [1.807, 2.05) is 0 Å². The zero-order valence-electron chi connectivity index (χ0n) is 10.6. The summed E-state index contributed by atoms with van der Waals surface area (Å²) in [5.41, 5.74) is -0.985. The van der Waals surface area contributed by atoms with E-state index >= 15 is 0 Å². The van der Waals surface area contributed by atoms with Crippen molar-refractivity contribution in [3.8, 4) is 0 Å². The minimum atomic E-state index is -3.96. The summed E-state index contributed by atoms with van der Waals surface area (Å²) in [5, 5.41) is 20.1. The van der Waals surface area contributed by atoms with E-state index in [2.05, 4.69) is 0 Å². The summed E-state index contributed by atoms with van der Waals surface area (Å²) in [6.45, 7) is 1.33. The number of nitro benzene ring substituents is 1. The van der Waals surface area contributed by atoms with Crippen LogP contribution in [0.25, 0.3) is 0 Å². The van der Waals surface area contributed by atoms with E-state index in [1.165, 1.54) is 6.92 Å². The molecule has 1 heterocycles. The molecular weight excluding hydrogens is 291 g/mol. The molecule has 0 amide bonds. The lowest BCUT2D eigenvalue weighted by Crippen LogP contribution is -2.29. The molecule has 7 nitrogen and oxygen atoms in total. The molecule has 1 saturated heterocycles. The molecule has 9 heteroatoms. The topological polar surface area (TPSA) is 101 Å². The molecule has 0 radical (unpaired) electrons. The number of aliphatic hydroxyl groups is 1. The summed E-state index contributed by atoms with van der Waals surface area (Å²) in [5.74, 6) is -1.05. The third-order valence-electron chi connectivity index (χ3n) is 3.17. The highest BCUT2D eigenvalue weighted by Crippen LogP contribution is 2.28. The first kappa shape index (κ1) is 14.8. The monoisotopic (exact) mass is 304 g/mol. The molecule has 1 aromatic rings. The Balaban J connectivity index is 2.50. The molecule has 0 saturated carbocycles. The maximum atomic E-state index is 13.6. The van der Waals surface area contributed by atoms with Crippen molar-refractivity contribution in [1.82, 2.24) is 4.31 Å². The Hall–Kier alpha value is -1.58. The highest BCUT2D eigenvalue weighted by molar-refractivity contribution is 7.89. The molecule has 20 heavy (non-hydrogen) atoms. The van der Waals surface area contributed by atoms with E-state index in [-0.39, 0.29) is 23.5 Å². The van der Waals surface area contributed by atoms with Gasteiger partial charge in [-0.05, 0) is 25.0 Å². The van der Waals surface area contributed by atoms with Crippen LogP contribution in [0.3, 0.4) is 0 Å². The minimum Gasteiger partial charge on any atom is -0.392 e. The van der Waals surface area contributed by atoms with Crippen LogP contribution in [-0.2, 0) is 10.0 Å². The lowest BCUT2D eigenvalue weighted by atomic mass is 10.2. The highest BCUT2D eigenvalue weighted by atomic mass is 32.2. The van der Waals surface area contributed by atoms with Crippen LogP contribution >= 0.6 is 0 Å². The Morgan fingerprint density at radius 3 is 2.65 bits per heavy atom. The van der Waals surface area contributed by atoms with Gasteiger partial charge < -0.3 is 5.11 Å². The number of sulfonamides is 1. The number of hydrogen-bond acceptors (Lipinski definition) is 5. The van der Waals surface area contributed by atoms with Crippen molar-refractivity contribution in [3.63, 3.8) is 0 Å². The van der Waals surface area contributed by atoms with E-state index in [4.69, 9.17) is 0 Å². The van der Waals surface area contributed by atoms with Gasteiger partial charge in [0.2, 0.25) is 15.8 Å². The molecular formula is C11H13FN2O5S. The SMILES string of the molecule is Cc1cc(S(=O)(=O)N2CC[C@@H](O)C2)cc([N+](=O)[O-])c1F. The largest absolute Gasteiger partial charge is 0.392 e. The maximum absolute atomic E-state index is 13.6. The Bertz CT molecular complexity index is 661. The number of halogens is 1. The number of benzene rings is 1. The Labute approximate surface area is 114 Å². The Morgan fingerprint density at radius 1 is 1.50 bits per heavy atom. The van der Waals surface area contributed by atoms with E-state index in [0.29, 0.717) is 12.5 Å². The fraction of sp³-hybridized carbons (Fsp3) is 0.455. The number of β-amino-alcohol motifs (C(OH)–C–C–N with tert-alkyl or cyclic N) is 1. The van der Waals surface area contributed by atoms with E-state index < -0.39 is 32.6 Å². The molecule has 0 bridgehead atoms. The van der Waals surface area contributed by atoms with Gasteiger partial charge in [-0.1, -0.05) is 0 Å². The molecule has 1 N–H and O–H groups in total. The number of nitro groups is 1. The molecule has 1 aliphatic heterocycles. The molecule has 0 unspecified atom stereocenters. The Kier molecular flexibility index (Phi) is 3.76. The normalized spacial score (nSPS) is 20.2. The van der Waals surface area contributed by atoms with Crippen LogP contribution in [0.4, 0.5) is 10.1 Å². The van der Waals surface area contributed by atoms with Gasteiger partial charge in [0.15, 0.2) is 0 Å². The predicted octanol–water partition coefficient (Wildman–Crippen LogP) is 0.798. The summed E-state index contributed by atoms with van der Waals surface area (Å²) < 4.78 is 39.2. The first-order valence-corrected chi connectivity index (χ1v) is 7.30. The number of nitrogens with zero attached hydrogens (tertiary/aromatic N) is 2. The molecule has 0 aromatic heterocycles. The second-order valence-electron chi connectivity index (χ2n) is 4.64. The molecule has 0 aliphatic carbocycles. The van der Waals surface area contributed by atoms with Gasteiger partial charge in [0, 0.05) is 19.2 Å². The van der Waals surface area contributed by atoms with Crippen molar-refractivity contribution in [3.05, 3.63) is 33.6 Å². The van der Waals surface area contributed by atoms with Crippen LogP contribution < -0.4 is 0 Å². The maximum Gasteiger partial charge on any atom is 0.306 e. The highest BCUT2D eigenvalue weighted by Gasteiger charge is 2.33. The lowest BCUT2D eigenvalue weighted by molar-refractivity contribution is -0.387. The molecule has 1 fully saturated rings. The molecule has 2 rings (SSSR count). The van der Waals surface area contributed by atoms with Gasteiger partial charge in [0.1, 0.15) is 0 Å². The minimum absolute atomic E-state index is 0.0629. The van der Waals surface area contributed by atoms with Crippen LogP contribution in [0, 0.1) is 22.9 Å². The summed E-state index contributed by atoms with van der Waals surface area (Å²) in [4.78, 5) is 9.45. The molecule has 110 valence electrons. The second kappa shape index (κ2) is 5.08. The van der Waals surface area contributed by atoms with Gasteiger partial charge in [-0.2, -0.15) is 8.70 Å². The smallest absolute Gasteiger partial charge is 0.306 e. The van der Waals surface area contributed by atoms with Crippen LogP contribution in [0.15, 0.2) is 17.0 Å². The van der Waals surface area contributed by atoms with Crippen LogP contribution in [0.5, 0.6) is 0 Å². The van der Waals surface area contributed by atoms with Crippen LogP contribution in [0.2, 0.25) is 0 Å². The van der Waals surface area contributed by atoms with Crippen molar-refractivity contribution < 1.29 is 22.8 Å². The van der Waals surface area contributed by atoms with Crippen molar-refractivity contribution in [2.75, 3.05) is 13.1 Å². The van der Waals surface area contributed by atoms with E-state index in [1.54, 1.807) is 0 Å². The lowest BCUT2D eigenvalue weighted by Gasteiger charge is -2.16. The number of hydrogen-bond donors (Lipinski definition) is 1. The zero-order chi connectivity index (χ0) is 15.1. The molecule has 1 atom stereocenters. The summed E-state index contributed by atoms with van der Waals surface area (Å²) in [6, 6.07) is 1.77. The van der Waals surface area contributed by atoms with E-state index in [0.717, 1.165) is 10.4 Å². The van der Waals surface area contributed by atoms with Crippen molar-refractivity contribution in [2.45, 2.75) is 24.3 Å². The van der Waals surface area contributed by atoms with Gasteiger partial charge in [-0.25, -0.2) is 8.42 Å². The predicted molar refractivity (Wildman–Crippen MR) is 67.2 cm³/mol. The van der Waals surface area contributed by atoms with Gasteiger partial charge in [0.05, 0.1) is 15.9 Å². The number of aliphatic hydroxyl groups excluding tert-OH is 1. The summed E-state index contributed by atoms with van der Waals surface area (Å²) in [7, 11) is -3.96. The molecule has 0 spiro atoms. The Morgan fingerprint density at radius 2 is 2.15 bits per heavy atom. The van der Waals surface area contributed by atoms with Gasteiger partial charge in [0.25, 0.3) is 0 Å². The standard InChI is InChI=1S/C11H13FN2O5S/c1-7-4-9(5-10(11(7)12)14(16)17)20(18,19)13-3-2-8(15)6-13/h4-5,8,15H,2-3,6H2,1H3/t8-/m1/s1. The average Bonchev–Trinajstić information content (AvgIpc) is 2.79. The van der Waals surface area contributed by atoms with Gasteiger partial charge >= 0.3 is 5.69 Å². The third kappa shape index (κ3) is 2.51.